The van der Waals surface area contributed by atoms with Crippen molar-refractivity contribution in [3.63, 3.8) is 0 Å². The molecule has 0 aliphatic rings. The summed E-state index contributed by atoms with van der Waals surface area (Å²) >= 11 is 0. The Labute approximate surface area is 82.2 Å². The number of aromatic hydroxyl groups is 1. The predicted octanol–water partition coefficient (Wildman–Crippen LogP) is -0.00960. The summed E-state index contributed by atoms with van der Waals surface area (Å²) in [4.78, 5) is -0.472. The van der Waals surface area contributed by atoms with Gasteiger partial charge in [-0.25, -0.2) is 0 Å². The minimum atomic E-state index is -4.28. The van der Waals surface area contributed by atoms with Crippen LogP contribution in [0.1, 0.15) is 0 Å². The summed E-state index contributed by atoms with van der Waals surface area (Å²) in [6, 6.07) is 5.17. The second kappa shape index (κ2) is 3.96. The molecular formula is C6H7LiO4S. The topological polar surface area (TPSA) is 74.6 Å². The maximum atomic E-state index is 10.4. The molecule has 1 aromatic rings. The van der Waals surface area contributed by atoms with Crippen LogP contribution < -0.4 is 0 Å². The molecule has 4 nitrogen and oxygen atoms in total. The van der Waals surface area contributed by atoms with E-state index in [0.29, 0.717) is 0 Å². The van der Waals surface area contributed by atoms with E-state index in [4.69, 9.17) is 9.66 Å². The number of hydrogen-bond donors (Lipinski definition) is 2. The third-order valence-electron chi connectivity index (χ3n) is 1.14. The molecule has 0 aliphatic carbocycles. The van der Waals surface area contributed by atoms with Crippen LogP contribution in [-0.4, -0.2) is 36.9 Å². The van der Waals surface area contributed by atoms with E-state index in [-0.39, 0.29) is 18.9 Å². The molecule has 0 saturated carbocycles. The van der Waals surface area contributed by atoms with Gasteiger partial charge in [-0.1, -0.05) is 12.1 Å². The Bertz CT molecular complexity index is 360. The van der Waals surface area contributed by atoms with E-state index in [1.54, 1.807) is 0 Å². The monoisotopic (exact) mass is 182 g/mol. The van der Waals surface area contributed by atoms with Crippen LogP contribution in [0.15, 0.2) is 29.2 Å². The van der Waals surface area contributed by atoms with Crippen molar-refractivity contribution >= 4 is 29.0 Å². The Kier molecular flexibility index (Phi) is 3.81. The van der Waals surface area contributed by atoms with E-state index in [0.717, 1.165) is 6.07 Å². The van der Waals surface area contributed by atoms with E-state index >= 15 is 0 Å². The summed E-state index contributed by atoms with van der Waals surface area (Å²) in [6.45, 7) is 0. The minimum absolute atomic E-state index is 0. The second-order valence-corrected chi connectivity index (χ2v) is 3.33. The third kappa shape index (κ3) is 2.54. The fourth-order valence-corrected chi connectivity index (χ4v) is 1.26. The molecule has 62 valence electrons. The summed E-state index contributed by atoms with van der Waals surface area (Å²) < 4.78 is 29.4. The van der Waals surface area contributed by atoms with Crippen molar-refractivity contribution in [2.75, 3.05) is 0 Å². The summed E-state index contributed by atoms with van der Waals surface area (Å²) in [5, 5.41) is 8.91. The Hall–Kier alpha value is -0.473. The van der Waals surface area contributed by atoms with Gasteiger partial charge in [-0.15, -0.1) is 0 Å². The SMILES string of the molecule is O=S(=O)(O)c1ccccc1O.[LiH]. The Balaban J connectivity index is 0.00000121. The third-order valence-corrected chi connectivity index (χ3v) is 2.04. The fourth-order valence-electron chi connectivity index (χ4n) is 0.675. The molecule has 0 fully saturated rings. The number of hydrogen-bond acceptors (Lipinski definition) is 3. The first-order valence-corrected chi connectivity index (χ1v) is 4.21. The molecule has 0 aromatic heterocycles. The van der Waals surface area contributed by atoms with E-state index in [1.807, 2.05) is 0 Å². The second-order valence-electron chi connectivity index (χ2n) is 1.94. The molecule has 0 aliphatic heterocycles. The summed E-state index contributed by atoms with van der Waals surface area (Å²) in [5.74, 6) is -0.449. The van der Waals surface area contributed by atoms with Crippen molar-refractivity contribution in [3.8, 4) is 5.75 Å². The summed E-state index contributed by atoms with van der Waals surface area (Å²) in [7, 11) is -4.28. The van der Waals surface area contributed by atoms with Crippen molar-refractivity contribution in [2.45, 2.75) is 4.90 Å². The van der Waals surface area contributed by atoms with Gasteiger partial charge in [0.25, 0.3) is 10.1 Å². The number of para-hydroxylation sites is 1. The quantitative estimate of drug-likeness (QED) is 0.473. The van der Waals surface area contributed by atoms with Crippen LogP contribution in [0.4, 0.5) is 0 Å². The number of phenolic OH excluding ortho intramolecular Hbond substituents is 1. The van der Waals surface area contributed by atoms with Crippen LogP contribution in [0.5, 0.6) is 5.75 Å². The molecule has 1 aromatic carbocycles. The van der Waals surface area contributed by atoms with Gasteiger partial charge in [0.1, 0.15) is 10.6 Å². The zero-order chi connectivity index (χ0) is 8.48. The van der Waals surface area contributed by atoms with Gasteiger partial charge in [-0.2, -0.15) is 8.42 Å². The molecule has 0 unspecified atom stereocenters. The molecule has 0 amide bonds. The Morgan fingerprint density at radius 2 is 1.67 bits per heavy atom. The zero-order valence-corrected chi connectivity index (χ0v) is 6.25. The zero-order valence-electron chi connectivity index (χ0n) is 5.43. The molecule has 2 N–H and O–H groups in total. The average Bonchev–Trinajstić information content (AvgIpc) is 1.86. The number of rotatable bonds is 1. The molecule has 6 heteroatoms. The van der Waals surface area contributed by atoms with Crippen LogP contribution in [0.25, 0.3) is 0 Å². The van der Waals surface area contributed by atoms with Crippen LogP contribution in [-0.2, 0) is 10.1 Å². The first-order chi connectivity index (χ1) is 5.02. The molecule has 0 bridgehead atoms. The molecular weight excluding hydrogens is 175 g/mol. The summed E-state index contributed by atoms with van der Waals surface area (Å²) in [5.41, 5.74) is 0. The van der Waals surface area contributed by atoms with Gasteiger partial charge in [0.15, 0.2) is 0 Å². The molecule has 1 rings (SSSR count). The molecule has 12 heavy (non-hydrogen) atoms. The molecule has 0 spiro atoms. The van der Waals surface area contributed by atoms with E-state index in [9.17, 15) is 8.42 Å². The summed E-state index contributed by atoms with van der Waals surface area (Å²) in [6.07, 6.45) is 0. The van der Waals surface area contributed by atoms with Gasteiger partial charge in [-0.05, 0) is 12.1 Å². The van der Waals surface area contributed by atoms with Crippen molar-refractivity contribution in [1.82, 2.24) is 0 Å². The predicted molar refractivity (Wildman–Crippen MR) is 45.1 cm³/mol. The maximum absolute atomic E-state index is 10.4. The van der Waals surface area contributed by atoms with Crippen molar-refractivity contribution < 1.29 is 18.1 Å². The van der Waals surface area contributed by atoms with Crippen LogP contribution >= 0.6 is 0 Å². The number of phenols is 1. The van der Waals surface area contributed by atoms with Crippen LogP contribution in [0.3, 0.4) is 0 Å². The van der Waals surface area contributed by atoms with Crippen LogP contribution in [0.2, 0.25) is 0 Å². The molecule has 0 saturated heterocycles. The van der Waals surface area contributed by atoms with E-state index in [1.165, 1.54) is 18.2 Å². The van der Waals surface area contributed by atoms with E-state index < -0.39 is 20.8 Å². The van der Waals surface area contributed by atoms with Crippen molar-refractivity contribution in [3.05, 3.63) is 24.3 Å². The van der Waals surface area contributed by atoms with Crippen LogP contribution in [0, 0.1) is 0 Å². The average molecular weight is 182 g/mol. The molecule has 0 radical (unpaired) electrons. The first-order valence-electron chi connectivity index (χ1n) is 2.77. The van der Waals surface area contributed by atoms with Gasteiger partial charge in [0.05, 0.1) is 0 Å². The fraction of sp³-hybridized carbons (Fsp3) is 0. The molecule has 0 atom stereocenters. The van der Waals surface area contributed by atoms with Crippen molar-refractivity contribution in [1.29, 1.82) is 0 Å². The molecule has 0 heterocycles. The van der Waals surface area contributed by atoms with Gasteiger partial charge in [-0.3, -0.25) is 4.55 Å². The first kappa shape index (κ1) is 11.5. The Morgan fingerprint density at radius 3 is 2.00 bits per heavy atom. The normalized spacial score (nSPS) is 10.4. The van der Waals surface area contributed by atoms with Crippen molar-refractivity contribution in [2.24, 2.45) is 0 Å². The van der Waals surface area contributed by atoms with Gasteiger partial charge in [0, 0.05) is 0 Å². The van der Waals surface area contributed by atoms with Gasteiger partial charge in [0.2, 0.25) is 0 Å². The van der Waals surface area contributed by atoms with Gasteiger partial charge >= 0.3 is 18.9 Å². The standard InChI is InChI=1S/C6H6O4S.Li.H/c7-5-3-1-2-4-6(5)11(8,9)10;;/h1-4,7H,(H,8,9,10);;. The number of benzene rings is 1. The Morgan fingerprint density at radius 1 is 1.17 bits per heavy atom. The van der Waals surface area contributed by atoms with E-state index in [2.05, 4.69) is 0 Å². The van der Waals surface area contributed by atoms with Gasteiger partial charge < -0.3 is 5.11 Å².